The van der Waals surface area contributed by atoms with Gasteiger partial charge in [0.1, 0.15) is 18.2 Å². The van der Waals surface area contributed by atoms with Crippen molar-refractivity contribution in [3.8, 4) is 5.88 Å². The lowest BCUT2D eigenvalue weighted by molar-refractivity contribution is -0.124. The molecule has 1 amide bonds. The first-order valence-corrected chi connectivity index (χ1v) is 18.9. The highest BCUT2D eigenvalue weighted by molar-refractivity contribution is 5.92. The number of imidazole rings is 1. The summed E-state index contributed by atoms with van der Waals surface area (Å²) < 4.78 is 34.9. The summed E-state index contributed by atoms with van der Waals surface area (Å²) in [5.74, 6) is 0.486. The number of hydrogen-bond donors (Lipinski definition) is 2. The predicted molar refractivity (Wildman–Crippen MR) is 201 cm³/mol. The molecule has 4 aromatic rings. The topological polar surface area (TPSA) is 128 Å². The van der Waals surface area contributed by atoms with E-state index in [-0.39, 0.29) is 36.5 Å². The lowest BCUT2D eigenvalue weighted by atomic mass is 9.93. The lowest BCUT2D eigenvalue weighted by Gasteiger charge is -2.32. The molecule has 0 saturated carbocycles. The zero-order valence-electron chi connectivity index (χ0n) is 31.3. The van der Waals surface area contributed by atoms with E-state index in [0.29, 0.717) is 49.2 Å². The van der Waals surface area contributed by atoms with Crippen molar-refractivity contribution in [2.45, 2.75) is 104 Å². The third kappa shape index (κ3) is 9.98. The predicted octanol–water partition coefficient (Wildman–Crippen LogP) is 7.58. The zero-order chi connectivity index (χ0) is 37.5. The molecule has 2 aliphatic heterocycles. The summed E-state index contributed by atoms with van der Waals surface area (Å²) in [6.45, 7) is 12.6. The molecule has 53 heavy (non-hydrogen) atoms. The molecular weight excluding hydrogens is 677 g/mol. The normalized spacial score (nSPS) is 17.8. The molecule has 2 fully saturated rings. The van der Waals surface area contributed by atoms with Crippen LogP contribution in [0.4, 0.5) is 10.1 Å². The van der Waals surface area contributed by atoms with E-state index < -0.39 is 17.4 Å². The van der Waals surface area contributed by atoms with Crippen LogP contribution in [-0.4, -0.2) is 74.4 Å². The fourth-order valence-corrected chi connectivity index (χ4v) is 6.85. The summed E-state index contributed by atoms with van der Waals surface area (Å²) in [7, 11) is 0. The molecule has 2 aromatic carbocycles. The highest BCUT2D eigenvalue weighted by Gasteiger charge is 2.28. The molecule has 2 atom stereocenters. The van der Waals surface area contributed by atoms with Gasteiger partial charge in [-0.05, 0) is 94.4 Å². The van der Waals surface area contributed by atoms with Crippen LogP contribution in [0.5, 0.6) is 5.88 Å². The number of nitrogens with zero attached hydrogens (tertiary/aromatic N) is 4. The van der Waals surface area contributed by atoms with Crippen LogP contribution in [0.1, 0.15) is 99.6 Å². The molecule has 2 N–H and O–H groups in total. The van der Waals surface area contributed by atoms with Gasteiger partial charge in [-0.2, -0.15) is 0 Å². The number of aromatic nitrogens is 3. The van der Waals surface area contributed by atoms with Crippen molar-refractivity contribution < 1.29 is 33.3 Å². The van der Waals surface area contributed by atoms with E-state index in [9.17, 15) is 14.7 Å². The Balaban J connectivity index is 1.01. The maximum absolute atomic E-state index is 15.1. The Morgan fingerprint density at radius 2 is 1.89 bits per heavy atom. The van der Waals surface area contributed by atoms with Crippen molar-refractivity contribution in [3.63, 3.8) is 0 Å². The van der Waals surface area contributed by atoms with E-state index in [1.54, 1.807) is 36.4 Å². The summed E-state index contributed by atoms with van der Waals surface area (Å²) in [5, 5.41) is 12.4. The van der Waals surface area contributed by atoms with Gasteiger partial charge in [0.2, 0.25) is 11.8 Å². The van der Waals surface area contributed by atoms with E-state index in [0.717, 1.165) is 67.9 Å². The summed E-state index contributed by atoms with van der Waals surface area (Å²) in [6, 6.07) is 15.4. The Hall–Kier alpha value is -4.39. The van der Waals surface area contributed by atoms with Crippen molar-refractivity contribution in [1.82, 2.24) is 19.4 Å². The van der Waals surface area contributed by atoms with Gasteiger partial charge in [-0.15, -0.1) is 0 Å². The quantitative estimate of drug-likeness (QED) is 0.113. The second kappa shape index (κ2) is 17.2. The van der Waals surface area contributed by atoms with Crippen LogP contribution in [0.25, 0.3) is 11.0 Å². The Labute approximate surface area is 310 Å². The summed E-state index contributed by atoms with van der Waals surface area (Å²) in [5.41, 5.74) is 2.98. The van der Waals surface area contributed by atoms with Crippen molar-refractivity contribution >= 4 is 28.6 Å². The van der Waals surface area contributed by atoms with Crippen molar-refractivity contribution in [3.05, 3.63) is 83.1 Å². The van der Waals surface area contributed by atoms with Gasteiger partial charge in [0, 0.05) is 42.1 Å². The molecule has 4 heterocycles. The van der Waals surface area contributed by atoms with Gasteiger partial charge in [-0.1, -0.05) is 32.9 Å². The Kier molecular flexibility index (Phi) is 12.4. The molecule has 12 heteroatoms. The molecular formula is C41H52FN5O6. The van der Waals surface area contributed by atoms with Crippen molar-refractivity contribution in [2.75, 3.05) is 31.6 Å². The van der Waals surface area contributed by atoms with Gasteiger partial charge in [0.25, 0.3) is 0 Å². The third-order valence-electron chi connectivity index (χ3n) is 10.5. The molecule has 284 valence electrons. The first kappa shape index (κ1) is 38.3. The first-order chi connectivity index (χ1) is 25.5. The fourth-order valence-electron chi connectivity index (χ4n) is 6.85. The number of pyridine rings is 1. The minimum Gasteiger partial charge on any atom is -0.478 e. The second-order valence-electron chi connectivity index (χ2n) is 15.0. The number of nitrogens with one attached hydrogen (secondary N) is 1. The monoisotopic (exact) mass is 729 g/mol. The van der Waals surface area contributed by atoms with E-state index in [4.69, 9.17) is 24.2 Å². The molecule has 1 unspecified atom stereocenters. The number of amides is 1. The van der Waals surface area contributed by atoms with E-state index in [1.807, 2.05) is 26.0 Å². The summed E-state index contributed by atoms with van der Waals surface area (Å²) in [4.78, 5) is 36.5. The first-order valence-electron chi connectivity index (χ1n) is 18.9. The standard InChI is InChI=1S/C41H52FN5O6/c1-5-41(4,53-20-15-27(2)3)23-38(48)43-31-11-9-30(33(42)22-31)26-52-39-8-6-7-34(45-39)28-13-17-46(18-14-28)25-37-44-35-12-10-29(40(49)50)21-36(35)47(37)24-32-16-19-51-32/h6-12,21-22,27-28,32H,5,13-20,23-26H2,1-4H3,(H,43,48)(H,49,50)/t32-,41?/m0/s1. The lowest BCUT2D eigenvalue weighted by Crippen LogP contribution is -2.35. The Morgan fingerprint density at radius 1 is 1.09 bits per heavy atom. The molecule has 6 rings (SSSR count). The molecule has 2 aliphatic rings. The second-order valence-corrected chi connectivity index (χ2v) is 15.0. The largest absolute Gasteiger partial charge is 0.478 e. The zero-order valence-corrected chi connectivity index (χ0v) is 31.3. The number of rotatable bonds is 17. The Bertz CT molecular complexity index is 1890. The van der Waals surface area contributed by atoms with Gasteiger partial charge in [0.05, 0.1) is 47.8 Å². The summed E-state index contributed by atoms with van der Waals surface area (Å²) in [6.07, 6.45) is 4.72. The number of carbonyl (C=O) groups is 2. The number of carbonyl (C=O) groups excluding carboxylic acids is 1. The maximum Gasteiger partial charge on any atom is 0.335 e. The smallest absolute Gasteiger partial charge is 0.335 e. The Morgan fingerprint density at radius 3 is 2.57 bits per heavy atom. The molecule has 0 aliphatic carbocycles. The van der Waals surface area contributed by atoms with Crippen LogP contribution in [0, 0.1) is 11.7 Å². The van der Waals surface area contributed by atoms with Crippen LogP contribution < -0.4 is 10.1 Å². The number of aromatic carboxylic acids is 1. The average molecular weight is 730 g/mol. The van der Waals surface area contributed by atoms with Gasteiger partial charge >= 0.3 is 5.97 Å². The number of piperidine rings is 1. The van der Waals surface area contributed by atoms with Gasteiger partial charge in [-0.3, -0.25) is 9.69 Å². The number of fused-ring (bicyclic) bond motifs is 1. The van der Waals surface area contributed by atoms with Crippen LogP contribution in [0.2, 0.25) is 0 Å². The highest BCUT2D eigenvalue weighted by atomic mass is 19.1. The van der Waals surface area contributed by atoms with Crippen LogP contribution in [0.3, 0.4) is 0 Å². The van der Waals surface area contributed by atoms with Crippen LogP contribution in [-0.2, 0) is 34.0 Å². The van der Waals surface area contributed by atoms with E-state index in [2.05, 4.69) is 28.6 Å². The van der Waals surface area contributed by atoms with Crippen molar-refractivity contribution in [1.29, 1.82) is 0 Å². The van der Waals surface area contributed by atoms with Crippen molar-refractivity contribution in [2.24, 2.45) is 5.92 Å². The number of ether oxygens (including phenoxy) is 3. The number of anilines is 1. The molecule has 0 radical (unpaired) electrons. The van der Waals surface area contributed by atoms with Gasteiger partial charge < -0.3 is 29.2 Å². The number of benzene rings is 2. The summed E-state index contributed by atoms with van der Waals surface area (Å²) >= 11 is 0. The molecule has 2 saturated heterocycles. The van der Waals surface area contributed by atoms with Gasteiger partial charge in [0.15, 0.2) is 0 Å². The molecule has 11 nitrogen and oxygen atoms in total. The molecule has 0 spiro atoms. The number of carboxylic acids is 1. The van der Waals surface area contributed by atoms with E-state index >= 15 is 4.39 Å². The van der Waals surface area contributed by atoms with E-state index in [1.165, 1.54) is 6.07 Å². The average Bonchev–Trinajstić information content (AvgIpc) is 3.45. The third-order valence-corrected chi connectivity index (χ3v) is 10.5. The molecule has 2 aromatic heterocycles. The maximum atomic E-state index is 15.1. The number of halogens is 1. The number of hydrogen-bond acceptors (Lipinski definition) is 8. The highest BCUT2D eigenvalue weighted by Crippen LogP contribution is 2.30. The number of carboxylic acid groups (broad SMARTS) is 1. The van der Waals surface area contributed by atoms with Gasteiger partial charge in [-0.25, -0.2) is 19.2 Å². The SMILES string of the molecule is CCC(C)(CC(=O)Nc1ccc(COc2cccc(C3CCN(Cc4nc5ccc(C(=O)O)cc5n4C[C@@H]4CCO4)CC3)n2)c(F)c1)OCCC(C)C. The number of likely N-dealkylation sites (tertiary alicyclic amines) is 1. The van der Waals surface area contributed by atoms with Crippen LogP contribution in [0.15, 0.2) is 54.6 Å². The minimum absolute atomic E-state index is 0.00735. The minimum atomic E-state index is -0.955. The fraction of sp³-hybridized carbons (Fsp3) is 0.512. The van der Waals surface area contributed by atoms with Crippen LogP contribution >= 0.6 is 0 Å². The molecule has 0 bridgehead atoms.